The van der Waals surface area contributed by atoms with Gasteiger partial charge in [-0.05, 0) is 0 Å². The first-order valence-electron chi connectivity index (χ1n) is 3.10. The molecule has 0 aliphatic carbocycles. The Kier molecular flexibility index (Phi) is 7.60. The average Bonchev–Trinajstić information content (AvgIpc) is 2.05. The summed E-state index contributed by atoms with van der Waals surface area (Å²) in [5, 5.41) is 0. The highest BCUT2D eigenvalue weighted by molar-refractivity contribution is 6.00. The van der Waals surface area contributed by atoms with Crippen molar-refractivity contribution in [1.82, 2.24) is 9.97 Å². The lowest BCUT2D eigenvalue weighted by molar-refractivity contribution is 0.0997. The second-order valence-electron chi connectivity index (χ2n) is 1.93. The Morgan fingerprint density at radius 3 is 2.36 bits per heavy atom. The Morgan fingerprint density at radius 1 is 1.29 bits per heavy atom. The first-order valence-corrected chi connectivity index (χ1v) is 3.10. The minimum atomic E-state index is -0.594. The topological polar surface area (TPSA) is 107 Å². The average molecular weight is 238 g/mol. The number of nitrogens with zero attached hydrogens (tertiary/aromatic N) is 3. The van der Waals surface area contributed by atoms with Crippen LogP contribution in [0.15, 0.2) is 23.6 Å². The summed E-state index contributed by atoms with van der Waals surface area (Å²) in [6, 6.07) is 0. The minimum Gasteiger partial charge on any atom is -0.370 e. The molecule has 1 amide bonds. The molecule has 0 aromatic carbocycles. The number of aliphatic imine (C=N–C) groups is 1. The Labute approximate surface area is 92.6 Å². The van der Waals surface area contributed by atoms with Crippen LogP contribution in [0.3, 0.4) is 0 Å². The van der Waals surface area contributed by atoms with Crippen LogP contribution in [0.5, 0.6) is 0 Å². The van der Waals surface area contributed by atoms with Crippen LogP contribution in [-0.2, 0) is 0 Å². The predicted octanol–water partition coefficient (Wildman–Crippen LogP) is -0.266. The van der Waals surface area contributed by atoms with Crippen LogP contribution in [-0.4, -0.2) is 21.8 Å². The zero-order valence-corrected chi connectivity index (χ0v) is 8.59. The van der Waals surface area contributed by atoms with Crippen LogP contribution >= 0.6 is 24.8 Å². The molecule has 0 aliphatic rings. The van der Waals surface area contributed by atoms with Gasteiger partial charge in [0.1, 0.15) is 5.69 Å². The maximum absolute atomic E-state index is 11.0. The van der Waals surface area contributed by atoms with Crippen molar-refractivity contribution in [3.05, 3.63) is 24.3 Å². The number of rotatable bonds is 1. The van der Waals surface area contributed by atoms with Gasteiger partial charge in [-0.2, -0.15) is 4.99 Å². The molecule has 0 aliphatic heterocycles. The van der Waals surface area contributed by atoms with E-state index in [0.717, 1.165) is 0 Å². The first-order chi connectivity index (χ1) is 5.70. The highest BCUT2D eigenvalue weighted by atomic mass is 35.5. The Bertz CT molecular complexity index is 311. The summed E-state index contributed by atoms with van der Waals surface area (Å²) in [6.07, 6.45) is 4.12. The molecule has 1 aromatic rings. The lowest BCUT2D eigenvalue weighted by atomic mass is 10.4. The van der Waals surface area contributed by atoms with E-state index in [2.05, 4.69) is 15.0 Å². The molecule has 0 saturated carbocycles. The van der Waals surface area contributed by atoms with Crippen LogP contribution in [0, 0.1) is 0 Å². The summed E-state index contributed by atoms with van der Waals surface area (Å²) in [7, 11) is 0. The van der Waals surface area contributed by atoms with Crippen molar-refractivity contribution in [3.8, 4) is 0 Å². The van der Waals surface area contributed by atoms with Crippen LogP contribution < -0.4 is 11.5 Å². The third kappa shape index (κ3) is 4.58. The standard InChI is InChI=1S/C6H7N5O.2ClH/c7-6(8)11-5(12)4-3-9-1-2-10-4;;/h1-3H,(H4,7,8,11,12);2*1H. The normalized spacial score (nSPS) is 7.71. The third-order valence-electron chi connectivity index (χ3n) is 1.01. The smallest absolute Gasteiger partial charge is 0.300 e. The van der Waals surface area contributed by atoms with Crippen molar-refractivity contribution in [1.29, 1.82) is 0 Å². The van der Waals surface area contributed by atoms with Gasteiger partial charge < -0.3 is 11.5 Å². The van der Waals surface area contributed by atoms with E-state index < -0.39 is 5.91 Å². The Morgan fingerprint density at radius 2 is 1.93 bits per heavy atom. The van der Waals surface area contributed by atoms with Gasteiger partial charge in [0.05, 0.1) is 6.20 Å². The quantitative estimate of drug-likeness (QED) is 0.517. The molecule has 8 heteroatoms. The molecular weight excluding hydrogens is 229 g/mol. The maximum atomic E-state index is 11.0. The number of carbonyl (C=O) groups is 1. The summed E-state index contributed by atoms with van der Waals surface area (Å²) in [5.74, 6) is -0.881. The van der Waals surface area contributed by atoms with Crippen molar-refractivity contribution in [2.24, 2.45) is 16.5 Å². The van der Waals surface area contributed by atoms with E-state index in [-0.39, 0.29) is 36.5 Å². The van der Waals surface area contributed by atoms with E-state index in [1.807, 2.05) is 0 Å². The molecule has 14 heavy (non-hydrogen) atoms. The fourth-order valence-corrected chi connectivity index (χ4v) is 0.584. The fourth-order valence-electron chi connectivity index (χ4n) is 0.584. The summed E-state index contributed by atoms with van der Waals surface area (Å²) < 4.78 is 0. The molecule has 78 valence electrons. The molecule has 0 fully saturated rings. The number of amides is 1. The van der Waals surface area contributed by atoms with Gasteiger partial charge in [-0.1, -0.05) is 0 Å². The van der Waals surface area contributed by atoms with Crippen LogP contribution in [0.25, 0.3) is 0 Å². The molecule has 0 spiro atoms. The summed E-state index contributed by atoms with van der Waals surface area (Å²) >= 11 is 0. The van der Waals surface area contributed by atoms with Crippen molar-refractivity contribution < 1.29 is 4.79 Å². The van der Waals surface area contributed by atoms with E-state index >= 15 is 0 Å². The molecule has 0 atom stereocenters. The minimum absolute atomic E-state index is 0. The molecule has 1 rings (SSSR count). The SMILES string of the molecule is Cl.Cl.NC(N)=NC(=O)c1cnccn1. The first kappa shape index (κ1) is 15.1. The highest BCUT2D eigenvalue weighted by Gasteiger charge is 2.04. The van der Waals surface area contributed by atoms with Gasteiger partial charge in [-0.25, -0.2) is 4.98 Å². The lowest BCUT2D eigenvalue weighted by Gasteiger charge is -1.92. The number of halogens is 2. The van der Waals surface area contributed by atoms with Crippen molar-refractivity contribution in [2.45, 2.75) is 0 Å². The van der Waals surface area contributed by atoms with Gasteiger partial charge in [0, 0.05) is 12.4 Å². The van der Waals surface area contributed by atoms with Crippen LogP contribution in [0.1, 0.15) is 10.5 Å². The Balaban J connectivity index is 0. The van der Waals surface area contributed by atoms with Crippen LogP contribution in [0.4, 0.5) is 0 Å². The van der Waals surface area contributed by atoms with Crippen molar-refractivity contribution in [3.63, 3.8) is 0 Å². The molecule has 1 heterocycles. The van der Waals surface area contributed by atoms with Crippen molar-refractivity contribution in [2.75, 3.05) is 0 Å². The van der Waals surface area contributed by atoms with Crippen molar-refractivity contribution >= 4 is 36.7 Å². The number of hydrogen-bond acceptors (Lipinski definition) is 3. The van der Waals surface area contributed by atoms with Gasteiger partial charge in [-0.3, -0.25) is 9.78 Å². The van der Waals surface area contributed by atoms with Gasteiger partial charge in [0.15, 0.2) is 5.96 Å². The summed E-state index contributed by atoms with van der Waals surface area (Å²) in [6.45, 7) is 0. The Hall–Kier alpha value is -1.40. The number of guanidine groups is 1. The van der Waals surface area contributed by atoms with E-state index in [9.17, 15) is 4.79 Å². The van der Waals surface area contributed by atoms with E-state index in [4.69, 9.17) is 11.5 Å². The third-order valence-corrected chi connectivity index (χ3v) is 1.01. The summed E-state index contributed by atoms with van der Waals surface area (Å²) in [4.78, 5) is 21.7. The van der Waals surface area contributed by atoms with Gasteiger partial charge in [0.25, 0.3) is 5.91 Å². The van der Waals surface area contributed by atoms with E-state index in [1.54, 1.807) is 0 Å². The van der Waals surface area contributed by atoms with Crippen LogP contribution in [0.2, 0.25) is 0 Å². The molecule has 0 saturated heterocycles. The zero-order valence-electron chi connectivity index (χ0n) is 6.95. The van der Waals surface area contributed by atoms with E-state index in [1.165, 1.54) is 18.6 Å². The second kappa shape index (κ2) is 7.05. The molecule has 0 unspecified atom stereocenters. The number of hydrogen-bond donors (Lipinski definition) is 2. The molecule has 0 radical (unpaired) electrons. The molecule has 1 aromatic heterocycles. The molecule has 6 nitrogen and oxygen atoms in total. The maximum Gasteiger partial charge on any atom is 0.300 e. The largest absolute Gasteiger partial charge is 0.370 e. The number of nitrogens with two attached hydrogens (primary N) is 2. The van der Waals surface area contributed by atoms with E-state index in [0.29, 0.717) is 0 Å². The zero-order chi connectivity index (χ0) is 8.97. The van der Waals surface area contributed by atoms with Gasteiger partial charge in [-0.15, -0.1) is 24.8 Å². The number of carbonyl (C=O) groups excluding carboxylic acids is 1. The number of aromatic nitrogens is 2. The summed E-state index contributed by atoms with van der Waals surface area (Å²) in [5.41, 5.74) is 10.1. The molecule has 0 bridgehead atoms. The highest BCUT2D eigenvalue weighted by Crippen LogP contribution is 1.92. The second-order valence-corrected chi connectivity index (χ2v) is 1.93. The fraction of sp³-hybridized carbons (Fsp3) is 0. The van der Waals surface area contributed by atoms with Gasteiger partial charge in [0.2, 0.25) is 0 Å². The molecular formula is C6H9Cl2N5O. The lowest BCUT2D eigenvalue weighted by Crippen LogP contribution is -2.24. The van der Waals surface area contributed by atoms with Gasteiger partial charge >= 0.3 is 0 Å². The monoisotopic (exact) mass is 237 g/mol. The molecule has 4 N–H and O–H groups in total. The predicted molar refractivity (Wildman–Crippen MR) is 56.7 cm³/mol.